The van der Waals surface area contributed by atoms with Crippen LogP contribution < -0.4 is 10.6 Å². The van der Waals surface area contributed by atoms with E-state index in [4.69, 9.17) is 4.74 Å². The Bertz CT molecular complexity index is 685. The largest absolute Gasteiger partial charge is 0.371 e. The van der Waals surface area contributed by atoms with E-state index in [1.54, 1.807) is 10.9 Å². The molecule has 0 unspecified atom stereocenters. The molecule has 3 rings (SSSR count). The number of amides is 2. The number of aryl methyl sites for hydroxylation is 2. The standard InChI is InChI=1S/C15H22N6O2S/c1-3-4-5-12-19-20-15(24-12)18-14(22)17-11-6-7-23-13(11)10-8-16-21(2)9-10/h8-9,11,13H,3-7H2,1-2H3,(H2,17,18,20,22)/t11-,13+/m0/s1. The molecule has 0 radical (unpaired) electrons. The third kappa shape index (κ3) is 4.09. The molecule has 2 N–H and O–H groups in total. The van der Waals surface area contributed by atoms with E-state index < -0.39 is 0 Å². The number of hydrogen-bond donors (Lipinski definition) is 2. The molecule has 2 amide bonds. The summed E-state index contributed by atoms with van der Waals surface area (Å²) in [5.41, 5.74) is 0.970. The molecular weight excluding hydrogens is 328 g/mol. The number of anilines is 1. The van der Waals surface area contributed by atoms with Crippen LogP contribution >= 0.6 is 11.3 Å². The second-order valence-corrected chi connectivity index (χ2v) is 6.90. The van der Waals surface area contributed by atoms with E-state index in [0.717, 1.165) is 36.3 Å². The Morgan fingerprint density at radius 3 is 3.12 bits per heavy atom. The fourth-order valence-corrected chi connectivity index (χ4v) is 3.46. The van der Waals surface area contributed by atoms with E-state index >= 15 is 0 Å². The molecule has 130 valence electrons. The molecule has 24 heavy (non-hydrogen) atoms. The third-order valence-electron chi connectivity index (χ3n) is 3.89. The molecule has 9 heteroatoms. The number of rotatable bonds is 6. The first-order chi connectivity index (χ1) is 11.7. The molecule has 1 aliphatic heterocycles. The summed E-state index contributed by atoms with van der Waals surface area (Å²) in [6, 6.07) is -0.362. The molecule has 1 saturated heterocycles. The maximum Gasteiger partial charge on any atom is 0.321 e. The smallest absolute Gasteiger partial charge is 0.321 e. The van der Waals surface area contributed by atoms with Crippen LogP contribution in [0.5, 0.6) is 0 Å². The van der Waals surface area contributed by atoms with Gasteiger partial charge in [0.05, 0.1) is 12.2 Å². The highest BCUT2D eigenvalue weighted by molar-refractivity contribution is 7.15. The molecule has 2 aromatic heterocycles. The number of carbonyl (C=O) groups is 1. The van der Waals surface area contributed by atoms with Gasteiger partial charge in [-0.1, -0.05) is 24.7 Å². The van der Waals surface area contributed by atoms with Gasteiger partial charge < -0.3 is 10.1 Å². The molecule has 0 bridgehead atoms. The van der Waals surface area contributed by atoms with Crippen LogP contribution in [0.4, 0.5) is 9.93 Å². The van der Waals surface area contributed by atoms with Gasteiger partial charge >= 0.3 is 6.03 Å². The Balaban J connectivity index is 1.55. The first-order valence-corrected chi connectivity index (χ1v) is 8.97. The van der Waals surface area contributed by atoms with Crippen LogP contribution in [0.2, 0.25) is 0 Å². The summed E-state index contributed by atoms with van der Waals surface area (Å²) in [7, 11) is 1.86. The van der Waals surface area contributed by atoms with Crippen molar-refractivity contribution in [3.05, 3.63) is 23.0 Å². The molecule has 0 spiro atoms. The topological polar surface area (TPSA) is 94.0 Å². The van der Waals surface area contributed by atoms with Gasteiger partial charge in [0, 0.05) is 31.8 Å². The molecule has 0 aliphatic carbocycles. The predicted molar refractivity (Wildman–Crippen MR) is 91.0 cm³/mol. The van der Waals surface area contributed by atoms with Gasteiger partial charge in [-0.25, -0.2) is 4.79 Å². The highest BCUT2D eigenvalue weighted by atomic mass is 32.1. The zero-order valence-electron chi connectivity index (χ0n) is 13.9. The number of nitrogens with zero attached hydrogens (tertiary/aromatic N) is 4. The highest BCUT2D eigenvalue weighted by Gasteiger charge is 2.32. The lowest BCUT2D eigenvalue weighted by atomic mass is 10.1. The number of urea groups is 1. The molecule has 2 aromatic rings. The van der Waals surface area contributed by atoms with E-state index in [1.165, 1.54) is 11.3 Å². The summed E-state index contributed by atoms with van der Waals surface area (Å²) in [5, 5.41) is 19.5. The molecule has 2 atom stereocenters. The summed E-state index contributed by atoms with van der Waals surface area (Å²) in [4.78, 5) is 12.2. The van der Waals surface area contributed by atoms with Gasteiger partial charge in [-0.05, 0) is 12.8 Å². The van der Waals surface area contributed by atoms with Gasteiger partial charge in [-0.2, -0.15) is 5.10 Å². The van der Waals surface area contributed by atoms with Crippen molar-refractivity contribution >= 4 is 22.5 Å². The number of hydrogen-bond acceptors (Lipinski definition) is 6. The maximum absolute atomic E-state index is 12.2. The van der Waals surface area contributed by atoms with Crippen molar-refractivity contribution < 1.29 is 9.53 Å². The van der Waals surface area contributed by atoms with Gasteiger partial charge in [0.25, 0.3) is 0 Å². The van der Waals surface area contributed by atoms with Crippen LogP contribution in [0.3, 0.4) is 0 Å². The van der Waals surface area contributed by atoms with Gasteiger partial charge in [0.15, 0.2) is 0 Å². The average molecular weight is 350 g/mol. The fraction of sp³-hybridized carbons (Fsp3) is 0.600. The summed E-state index contributed by atoms with van der Waals surface area (Å²) >= 11 is 1.42. The molecule has 1 fully saturated rings. The number of aromatic nitrogens is 4. The maximum atomic E-state index is 12.2. The molecule has 1 aliphatic rings. The van der Waals surface area contributed by atoms with Crippen molar-refractivity contribution in [2.45, 2.75) is 44.8 Å². The van der Waals surface area contributed by atoms with Crippen molar-refractivity contribution in [2.75, 3.05) is 11.9 Å². The van der Waals surface area contributed by atoms with Gasteiger partial charge in [0.1, 0.15) is 11.1 Å². The lowest BCUT2D eigenvalue weighted by molar-refractivity contribution is 0.100. The number of carbonyl (C=O) groups excluding carboxylic acids is 1. The Hall–Kier alpha value is -2.00. The average Bonchev–Trinajstić information content (AvgIpc) is 3.27. The predicted octanol–water partition coefficient (Wildman–Crippen LogP) is 2.27. The van der Waals surface area contributed by atoms with Crippen LogP contribution in [0, 0.1) is 0 Å². The summed E-state index contributed by atoms with van der Waals surface area (Å²) in [6.45, 7) is 2.75. The summed E-state index contributed by atoms with van der Waals surface area (Å²) < 4.78 is 7.47. The Labute approximate surface area is 144 Å². The molecule has 8 nitrogen and oxygen atoms in total. The Kier molecular flexibility index (Phi) is 5.41. The summed E-state index contributed by atoms with van der Waals surface area (Å²) in [6.07, 6.45) is 7.37. The minimum atomic E-state index is -0.280. The van der Waals surface area contributed by atoms with Crippen LogP contribution in [0.1, 0.15) is 42.9 Å². The van der Waals surface area contributed by atoms with Crippen LogP contribution in [0.25, 0.3) is 0 Å². The van der Waals surface area contributed by atoms with Gasteiger partial charge in [-0.3, -0.25) is 10.00 Å². The quantitative estimate of drug-likeness (QED) is 0.833. The second kappa shape index (κ2) is 7.71. The second-order valence-electron chi connectivity index (χ2n) is 5.84. The van der Waals surface area contributed by atoms with E-state index in [9.17, 15) is 4.79 Å². The highest BCUT2D eigenvalue weighted by Crippen LogP contribution is 2.28. The molecular formula is C15H22N6O2S. The lowest BCUT2D eigenvalue weighted by Crippen LogP contribution is -2.39. The normalized spacial score (nSPS) is 20.2. The van der Waals surface area contributed by atoms with Crippen molar-refractivity contribution in [3.63, 3.8) is 0 Å². The number of unbranched alkanes of at least 4 members (excludes halogenated alkanes) is 1. The van der Waals surface area contributed by atoms with Gasteiger partial charge in [-0.15, -0.1) is 10.2 Å². The fourth-order valence-electron chi connectivity index (χ4n) is 2.69. The number of nitrogens with one attached hydrogen (secondary N) is 2. The summed E-state index contributed by atoms with van der Waals surface area (Å²) in [5.74, 6) is 0. The minimum Gasteiger partial charge on any atom is -0.371 e. The van der Waals surface area contributed by atoms with Crippen LogP contribution in [0.15, 0.2) is 12.4 Å². The van der Waals surface area contributed by atoms with E-state index in [2.05, 4.69) is 32.9 Å². The Morgan fingerprint density at radius 1 is 1.50 bits per heavy atom. The minimum absolute atomic E-state index is 0.0818. The van der Waals surface area contributed by atoms with E-state index in [-0.39, 0.29) is 18.2 Å². The third-order valence-corrected chi connectivity index (χ3v) is 4.79. The monoisotopic (exact) mass is 350 g/mol. The number of ether oxygens (including phenoxy) is 1. The van der Waals surface area contributed by atoms with E-state index in [1.807, 2.05) is 13.2 Å². The zero-order valence-corrected chi connectivity index (χ0v) is 14.7. The molecule has 3 heterocycles. The Morgan fingerprint density at radius 2 is 2.38 bits per heavy atom. The van der Waals surface area contributed by atoms with Crippen molar-refractivity contribution in [3.8, 4) is 0 Å². The first-order valence-electron chi connectivity index (χ1n) is 8.15. The SMILES string of the molecule is CCCCc1nnc(NC(=O)N[C@H]2CCO[C@@H]2c2cnn(C)c2)s1. The van der Waals surface area contributed by atoms with Crippen molar-refractivity contribution in [2.24, 2.45) is 7.05 Å². The zero-order chi connectivity index (χ0) is 16.9. The van der Waals surface area contributed by atoms with Gasteiger partial charge in [0.2, 0.25) is 5.13 Å². The molecule has 0 aromatic carbocycles. The lowest BCUT2D eigenvalue weighted by Gasteiger charge is -2.18. The van der Waals surface area contributed by atoms with Crippen molar-refractivity contribution in [1.82, 2.24) is 25.3 Å². The van der Waals surface area contributed by atoms with E-state index in [0.29, 0.717) is 11.7 Å². The molecule has 0 saturated carbocycles. The van der Waals surface area contributed by atoms with Crippen LogP contribution in [-0.2, 0) is 18.2 Å². The van der Waals surface area contributed by atoms with Crippen LogP contribution in [-0.4, -0.2) is 38.7 Å². The van der Waals surface area contributed by atoms with Crippen molar-refractivity contribution in [1.29, 1.82) is 0 Å². The first kappa shape index (κ1) is 16.8.